The van der Waals surface area contributed by atoms with Gasteiger partial charge in [0.2, 0.25) is 0 Å². The van der Waals surface area contributed by atoms with E-state index in [9.17, 15) is 18.0 Å². The maximum atomic E-state index is 13.0. The Bertz CT molecular complexity index is 1350. The lowest BCUT2D eigenvalue weighted by molar-refractivity contribution is -0.120. The Balaban J connectivity index is 1.28. The van der Waals surface area contributed by atoms with Crippen LogP contribution < -0.4 is 24.6 Å². The zero-order valence-corrected chi connectivity index (χ0v) is 17.6. The van der Waals surface area contributed by atoms with E-state index in [1.165, 1.54) is 12.1 Å². The minimum Gasteiger partial charge on any atom is -0.490 e. The van der Waals surface area contributed by atoms with E-state index in [2.05, 4.69) is 10.9 Å². The number of anilines is 1. The highest BCUT2D eigenvalue weighted by Gasteiger charge is 2.36. The highest BCUT2D eigenvalue weighted by molar-refractivity contribution is 7.93. The third kappa shape index (κ3) is 3.38. The van der Waals surface area contributed by atoms with Crippen molar-refractivity contribution in [3.05, 3.63) is 60.2 Å². The molecule has 2 aliphatic heterocycles. The van der Waals surface area contributed by atoms with Gasteiger partial charge >= 0.3 is 0 Å². The first-order valence-electron chi connectivity index (χ1n) is 9.98. The van der Waals surface area contributed by atoms with Gasteiger partial charge in [0.1, 0.15) is 6.54 Å². The predicted octanol–water partition coefficient (Wildman–Crippen LogP) is 1.97. The molecule has 0 saturated heterocycles. The molecule has 0 radical (unpaired) electrons. The molecule has 164 valence electrons. The van der Waals surface area contributed by atoms with Crippen molar-refractivity contribution in [2.45, 2.75) is 11.3 Å². The number of fused-ring (bicyclic) bond motifs is 1. The van der Waals surface area contributed by atoms with E-state index in [0.717, 1.165) is 16.1 Å². The van der Waals surface area contributed by atoms with Crippen LogP contribution in [0.3, 0.4) is 0 Å². The van der Waals surface area contributed by atoms with Gasteiger partial charge in [-0.1, -0.05) is 24.3 Å². The van der Waals surface area contributed by atoms with Crippen LogP contribution in [0, 0.1) is 0 Å². The number of nitrogens with one attached hydrogen (secondary N) is 2. The molecule has 0 unspecified atom stereocenters. The van der Waals surface area contributed by atoms with Gasteiger partial charge in [-0.2, -0.15) is 0 Å². The van der Waals surface area contributed by atoms with Crippen LogP contribution in [0.1, 0.15) is 16.8 Å². The maximum Gasteiger partial charge on any atom is 0.269 e. The Hall–Kier alpha value is -3.79. The number of carbonyl (C=O) groups is 2. The number of hydrazine groups is 1. The average molecular weight is 453 g/mol. The molecule has 32 heavy (non-hydrogen) atoms. The number of hydrogen-bond acceptors (Lipinski definition) is 6. The summed E-state index contributed by atoms with van der Waals surface area (Å²) < 4.78 is 38.1. The second kappa shape index (κ2) is 7.72. The lowest BCUT2D eigenvalue weighted by Crippen LogP contribution is -2.47. The number of sulfonamides is 1. The van der Waals surface area contributed by atoms with Crippen molar-refractivity contribution < 1.29 is 27.5 Å². The Labute approximate surface area is 183 Å². The number of carbonyl (C=O) groups excluding carboxylic acids is 2. The molecule has 2 N–H and O–H groups in total. The van der Waals surface area contributed by atoms with Crippen LogP contribution in [0.4, 0.5) is 5.69 Å². The summed E-state index contributed by atoms with van der Waals surface area (Å²) in [5.41, 5.74) is 5.29. The summed E-state index contributed by atoms with van der Waals surface area (Å²) in [5, 5.41) is 1.35. The molecular formula is C22H19N3O6S. The average Bonchev–Trinajstić information content (AvgIpc) is 2.95. The first kappa shape index (κ1) is 20.1. The van der Waals surface area contributed by atoms with Gasteiger partial charge in [-0.3, -0.25) is 24.7 Å². The molecule has 0 aromatic heterocycles. The summed E-state index contributed by atoms with van der Waals surface area (Å²) in [6, 6.07) is 14.9. The van der Waals surface area contributed by atoms with Gasteiger partial charge in [0.05, 0.1) is 23.8 Å². The normalized spacial score (nSPS) is 15.8. The van der Waals surface area contributed by atoms with Crippen LogP contribution in [0.5, 0.6) is 11.5 Å². The lowest BCUT2D eigenvalue weighted by atomic mass is 10.1. The fourth-order valence-electron chi connectivity index (χ4n) is 3.80. The molecule has 2 heterocycles. The Morgan fingerprint density at radius 2 is 1.69 bits per heavy atom. The second-order valence-corrected chi connectivity index (χ2v) is 9.19. The van der Waals surface area contributed by atoms with Crippen molar-refractivity contribution in [2.24, 2.45) is 0 Å². The van der Waals surface area contributed by atoms with Gasteiger partial charge in [-0.05, 0) is 35.7 Å². The molecule has 3 aromatic carbocycles. The standard InChI is InChI=1S/C22H19N3O6S/c26-20(23-24-22(27)15-8-9-17-18(12-15)31-11-3-10-30-17)13-25-16-6-1-4-14-5-2-7-19(21(14)16)32(25,28)29/h1-2,4-9,12H,3,10-11,13H2,(H,23,26)(H,24,27). The van der Waals surface area contributed by atoms with E-state index in [1.54, 1.807) is 30.3 Å². The summed E-state index contributed by atoms with van der Waals surface area (Å²) in [4.78, 5) is 25.1. The third-order valence-electron chi connectivity index (χ3n) is 5.29. The summed E-state index contributed by atoms with van der Waals surface area (Å²) in [6.45, 7) is 0.539. The molecule has 0 aliphatic carbocycles. The lowest BCUT2D eigenvalue weighted by Gasteiger charge is -2.18. The van der Waals surface area contributed by atoms with Crippen LogP contribution in [0.2, 0.25) is 0 Å². The Morgan fingerprint density at radius 1 is 0.938 bits per heavy atom. The van der Waals surface area contributed by atoms with Gasteiger partial charge in [-0.15, -0.1) is 0 Å². The van der Waals surface area contributed by atoms with Gasteiger partial charge in [0.25, 0.3) is 21.8 Å². The highest BCUT2D eigenvalue weighted by Crippen LogP contribution is 2.41. The highest BCUT2D eigenvalue weighted by atomic mass is 32.2. The SMILES string of the molecule is O=C(CN1c2cccc3cccc(c23)S1(=O)=O)NNC(=O)c1ccc2c(c1)OCCCO2. The molecule has 0 atom stereocenters. The van der Waals surface area contributed by atoms with Crippen LogP contribution in [0.15, 0.2) is 59.5 Å². The molecule has 0 fully saturated rings. The van der Waals surface area contributed by atoms with Crippen molar-refractivity contribution in [1.82, 2.24) is 10.9 Å². The molecular weight excluding hydrogens is 434 g/mol. The topological polar surface area (TPSA) is 114 Å². The fraction of sp³-hybridized carbons (Fsp3) is 0.182. The summed E-state index contributed by atoms with van der Waals surface area (Å²) in [7, 11) is -3.87. The molecule has 0 saturated carbocycles. The molecule has 0 spiro atoms. The van der Waals surface area contributed by atoms with E-state index in [-0.39, 0.29) is 10.5 Å². The molecule has 9 nitrogen and oxygen atoms in total. The van der Waals surface area contributed by atoms with Crippen LogP contribution in [-0.2, 0) is 14.8 Å². The number of benzene rings is 3. The number of rotatable bonds is 3. The Kier molecular flexibility index (Phi) is 4.86. The van der Waals surface area contributed by atoms with Gasteiger partial charge in [-0.25, -0.2) is 8.42 Å². The number of amides is 2. The minimum atomic E-state index is -3.87. The van der Waals surface area contributed by atoms with E-state index < -0.39 is 28.4 Å². The zero-order valence-electron chi connectivity index (χ0n) is 16.8. The third-order valence-corrected chi connectivity index (χ3v) is 7.10. The van der Waals surface area contributed by atoms with E-state index in [0.29, 0.717) is 35.8 Å². The molecule has 3 aromatic rings. The number of nitrogens with zero attached hydrogens (tertiary/aromatic N) is 1. The van der Waals surface area contributed by atoms with Gasteiger partial charge in [0.15, 0.2) is 11.5 Å². The molecule has 10 heteroatoms. The monoisotopic (exact) mass is 453 g/mol. The first-order valence-corrected chi connectivity index (χ1v) is 11.4. The van der Waals surface area contributed by atoms with E-state index >= 15 is 0 Å². The first-order chi connectivity index (χ1) is 15.4. The van der Waals surface area contributed by atoms with Crippen LogP contribution in [0.25, 0.3) is 10.8 Å². The molecule has 0 bridgehead atoms. The zero-order chi connectivity index (χ0) is 22.3. The number of ether oxygens (including phenoxy) is 2. The van der Waals surface area contributed by atoms with Crippen molar-refractivity contribution in [3.63, 3.8) is 0 Å². The minimum absolute atomic E-state index is 0.162. The largest absolute Gasteiger partial charge is 0.490 e. The van der Waals surface area contributed by atoms with Crippen molar-refractivity contribution in [2.75, 3.05) is 24.1 Å². The van der Waals surface area contributed by atoms with Crippen molar-refractivity contribution >= 4 is 38.3 Å². The van der Waals surface area contributed by atoms with E-state index in [4.69, 9.17) is 9.47 Å². The van der Waals surface area contributed by atoms with Crippen LogP contribution in [-0.4, -0.2) is 40.0 Å². The molecule has 2 amide bonds. The van der Waals surface area contributed by atoms with Gasteiger partial charge < -0.3 is 9.47 Å². The second-order valence-electron chi connectivity index (χ2n) is 7.36. The smallest absolute Gasteiger partial charge is 0.269 e. The van der Waals surface area contributed by atoms with Crippen LogP contribution >= 0.6 is 0 Å². The van der Waals surface area contributed by atoms with Crippen molar-refractivity contribution in [1.29, 1.82) is 0 Å². The molecule has 5 rings (SSSR count). The molecule has 2 aliphatic rings. The Morgan fingerprint density at radius 3 is 2.50 bits per heavy atom. The van der Waals surface area contributed by atoms with Crippen molar-refractivity contribution in [3.8, 4) is 11.5 Å². The summed E-state index contributed by atoms with van der Waals surface area (Å²) in [6.07, 6.45) is 0.739. The fourth-order valence-corrected chi connectivity index (χ4v) is 5.47. The van der Waals surface area contributed by atoms with E-state index in [1.807, 2.05) is 12.1 Å². The quantitative estimate of drug-likeness (QED) is 0.586. The number of hydrogen-bond donors (Lipinski definition) is 2. The summed E-state index contributed by atoms with van der Waals surface area (Å²) >= 11 is 0. The predicted molar refractivity (Wildman–Crippen MR) is 116 cm³/mol. The summed E-state index contributed by atoms with van der Waals surface area (Å²) in [5.74, 6) is -0.240. The maximum absolute atomic E-state index is 13.0. The van der Waals surface area contributed by atoms with Gasteiger partial charge in [0, 0.05) is 17.4 Å².